The van der Waals surface area contributed by atoms with E-state index in [9.17, 15) is 8.42 Å². The average molecular weight is 335 g/mol. The number of nitrogen functional groups attached to an aromatic ring is 1. The Morgan fingerprint density at radius 1 is 1.59 bits per heavy atom. The first kappa shape index (κ1) is 18.2. The SMILES string of the molecule is CCCNc1nc(N2CC2CC)cc(N)[n+]1OS(=O)(=O)O.[OH-]. The minimum absolute atomic E-state index is 0. The van der Waals surface area contributed by atoms with Gasteiger partial charge in [-0.15, -0.1) is 0 Å². The standard InChI is InChI=1S/C11H19N5O4S.H2O/c1-3-5-13-11-14-10(15-7-8(15)4-2)6-9(12)16(11)20-21(17,18)19;/h6,8H,3-5,7H2,1-2H3,(H3,12,13,14,17,18,19);1H2. The lowest BCUT2D eigenvalue weighted by atomic mass is 10.4. The molecule has 1 fully saturated rings. The van der Waals surface area contributed by atoms with Crippen molar-refractivity contribution in [3.63, 3.8) is 0 Å². The summed E-state index contributed by atoms with van der Waals surface area (Å²) in [6, 6.07) is 1.94. The molecule has 0 aliphatic carbocycles. The molecule has 11 heteroatoms. The van der Waals surface area contributed by atoms with Gasteiger partial charge in [0.05, 0.1) is 12.6 Å². The smallest absolute Gasteiger partial charge is 0.474 e. The lowest BCUT2D eigenvalue weighted by Crippen LogP contribution is -2.50. The molecule has 0 aromatic carbocycles. The fourth-order valence-corrected chi connectivity index (χ4v) is 2.32. The summed E-state index contributed by atoms with van der Waals surface area (Å²) >= 11 is 0. The summed E-state index contributed by atoms with van der Waals surface area (Å²) in [6.07, 6.45) is 1.80. The second kappa shape index (κ2) is 6.94. The molecule has 22 heavy (non-hydrogen) atoms. The van der Waals surface area contributed by atoms with Gasteiger partial charge in [-0.05, 0) is 17.6 Å². The van der Waals surface area contributed by atoms with Crippen LogP contribution < -0.4 is 25.0 Å². The molecule has 0 radical (unpaired) electrons. The summed E-state index contributed by atoms with van der Waals surface area (Å²) in [5, 5.41) is 2.93. The quantitative estimate of drug-likeness (QED) is 0.338. The van der Waals surface area contributed by atoms with E-state index in [4.69, 9.17) is 10.3 Å². The molecule has 1 aromatic heterocycles. The van der Waals surface area contributed by atoms with Crippen molar-refractivity contribution in [3.05, 3.63) is 6.07 Å². The van der Waals surface area contributed by atoms with Crippen molar-refractivity contribution in [2.45, 2.75) is 32.7 Å². The lowest BCUT2D eigenvalue weighted by molar-refractivity contribution is -0.835. The van der Waals surface area contributed by atoms with Gasteiger partial charge in [0.25, 0.3) is 0 Å². The van der Waals surface area contributed by atoms with E-state index in [1.807, 2.05) is 11.8 Å². The number of nitrogens with zero attached hydrogens (tertiary/aromatic N) is 3. The third-order valence-electron chi connectivity index (χ3n) is 3.11. The maximum Gasteiger partial charge on any atom is 0.474 e. The molecular formula is C11H21N5O5S. The van der Waals surface area contributed by atoms with Crippen LogP contribution >= 0.6 is 0 Å². The largest absolute Gasteiger partial charge is 0.870 e. The highest BCUT2D eigenvalue weighted by atomic mass is 32.3. The van der Waals surface area contributed by atoms with Crippen LogP contribution in [-0.2, 0) is 10.4 Å². The van der Waals surface area contributed by atoms with Crippen LogP contribution in [0.3, 0.4) is 0 Å². The van der Waals surface area contributed by atoms with Crippen LogP contribution in [0.15, 0.2) is 6.07 Å². The Hall–Kier alpha value is -1.85. The Morgan fingerprint density at radius 3 is 2.77 bits per heavy atom. The zero-order valence-corrected chi connectivity index (χ0v) is 13.2. The zero-order valence-electron chi connectivity index (χ0n) is 12.4. The molecule has 0 saturated carbocycles. The van der Waals surface area contributed by atoms with E-state index in [-0.39, 0.29) is 17.2 Å². The van der Waals surface area contributed by atoms with E-state index in [0.717, 1.165) is 24.1 Å². The minimum atomic E-state index is -4.69. The highest BCUT2D eigenvalue weighted by Gasteiger charge is 2.36. The van der Waals surface area contributed by atoms with Gasteiger partial charge in [0.2, 0.25) is 5.82 Å². The van der Waals surface area contributed by atoms with Gasteiger partial charge in [-0.3, -0.25) is 9.87 Å². The van der Waals surface area contributed by atoms with Gasteiger partial charge in [0, 0.05) is 12.6 Å². The van der Waals surface area contributed by atoms with Crippen molar-refractivity contribution in [1.29, 1.82) is 0 Å². The van der Waals surface area contributed by atoms with Crippen molar-refractivity contribution in [2.75, 3.05) is 29.0 Å². The van der Waals surface area contributed by atoms with Crippen molar-refractivity contribution >= 4 is 28.0 Å². The van der Waals surface area contributed by atoms with Gasteiger partial charge in [-0.2, -0.15) is 8.42 Å². The maximum absolute atomic E-state index is 10.9. The summed E-state index contributed by atoms with van der Waals surface area (Å²) in [5.41, 5.74) is 5.81. The van der Waals surface area contributed by atoms with Crippen LogP contribution in [0.2, 0.25) is 0 Å². The Kier molecular flexibility index (Phi) is 5.74. The summed E-state index contributed by atoms with van der Waals surface area (Å²) in [6.45, 7) is 5.47. The van der Waals surface area contributed by atoms with E-state index in [1.165, 1.54) is 6.07 Å². The summed E-state index contributed by atoms with van der Waals surface area (Å²) in [5.74, 6) is 0.803. The molecule has 1 saturated heterocycles. The molecular weight excluding hydrogens is 314 g/mol. The molecule has 0 amide bonds. The highest BCUT2D eigenvalue weighted by Crippen LogP contribution is 2.29. The number of hydrogen-bond acceptors (Lipinski definition) is 8. The van der Waals surface area contributed by atoms with Crippen LogP contribution in [0.5, 0.6) is 0 Å². The fraction of sp³-hybridized carbons (Fsp3) is 0.636. The van der Waals surface area contributed by atoms with Crippen LogP contribution in [0.4, 0.5) is 17.6 Å². The Morgan fingerprint density at radius 2 is 2.27 bits per heavy atom. The fourth-order valence-electron chi connectivity index (χ4n) is 1.98. The van der Waals surface area contributed by atoms with Crippen molar-refractivity contribution < 1.29 is 27.5 Å². The molecule has 1 unspecified atom stereocenters. The first-order valence-electron chi connectivity index (χ1n) is 6.76. The highest BCUT2D eigenvalue weighted by molar-refractivity contribution is 7.80. The number of nitrogens with one attached hydrogen (secondary N) is 1. The van der Waals surface area contributed by atoms with Gasteiger partial charge < -0.3 is 16.1 Å². The molecule has 2 rings (SSSR count). The van der Waals surface area contributed by atoms with E-state index >= 15 is 0 Å². The van der Waals surface area contributed by atoms with Gasteiger partial charge in [0.1, 0.15) is 0 Å². The van der Waals surface area contributed by atoms with Crippen LogP contribution in [0.1, 0.15) is 26.7 Å². The first-order chi connectivity index (χ1) is 9.85. The molecule has 1 aromatic rings. The predicted molar refractivity (Wildman–Crippen MR) is 79.1 cm³/mol. The Labute approximate surface area is 129 Å². The van der Waals surface area contributed by atoms with Gasteiger partial charge in [-0.1, -0.05) is 18.8 Å². The summed E-state index contributed by atoms with van der Waals surface area (Å²) in [7, 11) is -4.69. The second-order valence-electron chi connectivity index (χ2n) is 4.80. The number of hydrogen-bond donors (Lipinski definition) is 3. The molecule has 0 bridgehead atoms. The van der Waals surface area contributed by atoms with E-state index in [0.29, 0.717) is 18.4 Å². The van der Waals surface area contributed by atoms with Crippen molar-refractivity contribution in [2.24, 2.45) is 0 Å². The van der Waals surface area contributed by atoms with E-state index in [1.54, 1.807) is 0 Å². The summed E-state index contributed by atoms with van der Waals surface area (Å²) < 4.78 is 35.8. The zero-order chi connectivity index (χ0) is 15.6. The number of anilines is 3. The molecule has 1 atom stereocenters. The van der Waals surface area contributed by atoms with Crippen LogP contribution in [0, 0.1) is 0 Å². The molecule has 1 aliphatic heterocycles. The van der Waals surface area contributed by atoms with Crippen LogP contribution in [0.25, 0.3) is 0 Å². The molecule has 10 nitrogen and oxygen atoms in total. The van der Waals surface area contributed by atoms with Crippen LogP contribution in [-0.4, -0.2) is 42.6 Å². The topological polar surface area (TPSA) is 151 Å². The average Bonchev–Trinajstić information content (AvgIpc) is 3.17. The normalized spacial score (nSPS) is 16.9. The molecule has 0 spiro atoms. The maximum atomic E-state index is 10.9. The Bertz CT molecular complexity index is 624. The van der Waals surface area contributed by atoms with Gasteiger partial charge in [0.15, 0.2) is 5.82 Å². The number of rotatable bonds is 7. The van der Waals surface area contributed by atoms with Gasteiger partial charge in [-0.25, -0.2) is 4.28 Å². The monoisotopic (exact) mass is 335 g/mol. The second-order valence-corrected chi connectivity index (χ2v) is 5.81. The summed E-state index contributed by atoms with van der Waals surface area (Å²) in [4.78, 5) is 6.36. The third-order valence-corrected chi connectivity index (χ3v) is 3.44. The minimum Gasteiger partial charge on any atom is -0.870 e. The lowest BCUT2D eigenvalue weighted by Gasteiger charge is -2.10. The number of nitrogens with two attached hydrogens (primary N) is 1. The molecule has 1 aliphatic rings. The van der Waals surface area contributed by atoms with E-state index in [2.05, 4.69) is 21.5 Å². The van der Waals surface area contributed by atoms with Crippen molar-refractivity contribution in [1.82, 2.24) is 4.98 Å². The molecule has 126 valence electrons. The van der Waals surface area contributed by atoms with Crippen molar-refractivity contribution in [3.8, 4) is 0 Å². The predicted octanol–water partition coefficient (Wildman–Crippen LogP) is -0.574. The Balaban J connectivity index is 0.00000242. The first-order valence-corrected chi connectivity index (χ1v) is 8.12. The van der Waals surface area contributed by atoms with Gasteiger partial charge >= 0.3 is 16.3 Å². The third kappa shape index (κ3) is 4.32. The molecule has 5 N–H and O–H groups in total. The van der Waals surface area contributed by atoms with E-state index < -0.39 is 10.4 Å². The molecule has 2 heterocycles. The number of aromatic nitrogens is 2.